The Balaban J connectivity index is 1.76. The monoisotopic (exact) mass is 363 g/mol. The van der Waals surface area contributed by atoms with Gasteiger partial charge in [-0.2, -0.15) is 0 Å². The Labute approximate surface area is 152 Å². The predicted molar refractivity (Wildman–Crippen MR) is 93.3 cm³/mol. The number of ether oxygens (including phenoxy) is 3. The van der Waals surface area contributed by atoms with Crippen LogP contribution in [0.5, 0.6) is 5.75 Å². The fraction of sp³-hybridized carbons (Fsp3) is 0.579. The van der Waals surface area contributed by atoms with Crippen LogP contribution in [-0.2, 0) is 9.47 Å². The lowest BCUT2D eigenvalue weighted by Gasteiger charge is -2.52. The molecule has 1 aromatic rings. The largest absolute Gasteiger partial charge is 0.483 e. The number of aliphatic hydroxyl groups excluding tert-OH is 1. The molecule has 7 heteroatoms. The lowest BCUT2D eigenvalue weighted by molar-refractivity contribution is -0.114. The minimum absolute atomic E-state index is 0.350. The molecule has 1 spiro atoms. The van der Waals surface area contributed by atoms with Gasteiger partial charge in [0.2, 0.25) is 0 Å². The van der Waals surface area contributed by atoms with Crippen LogP contribution in [0.4, 0.5) is 4.79 Å². The Bertz CT molecular complexity index is 745. The van der Waals surface area contributed by atoms with Crippen LogP contribution in [0.1, 0.15) is 54.8 Å². The highest BCUT2D eigenvalue weighted by atomic mass is 16.6. The number of fused-ring (bicyclic) bond motifs is 1. The molecule has 1 saturated heterocycles. The third kappa shape index (κ3) is 3.35. The highest BCUT2D eigenvalue weighted by Gasteiger charge is 2.52. The molecule has 2 aliphatic rings. The summed E-state index contributed by atoms with van der Waals surface area (Å²) in [6, 6.07) is 3.36. The molecule has 1 unspecified atom stereocenters. The second kappa shape index (κ2) is 6.16. The Morgan fingerprint density at radius 1 is 1.31 bits per heavy atom. The smallest absolute Gasteiger partial charge is 0.410 e. The second-order valence-corrected chi connectivity index (χ2v) is 8.04. The van der Waals surface area contributed by atoms with Crippen LogP contribution in [0.2, 0.25) is 0 Å². The van der Waals surface area contributed by atoms with Gasteiger partial charge < -0.3 is 24.2 Å². The van der Waals surface area contributed by atoms with Crippen molar-refractivity contribution in [2.45, 2.75) is 51.4 Å². The summed E-state index contributed by atoms with van der Waals surface area (Å²) in [4.78, 5) is 25.6. The van der Waals surface area contributed by atoms with E-state index in [1.165, 1.54) is 7.11 Å². The van der Waals surface area contributed by atoms with Crippen LogP contribution < -0.4 is 4.74 Å². The van der Waals surface area contributed by atoms with E-state index in [4.69, 9.17) is 14.2 Å². The fourth-order valence-corrected chi connectivity index (χ4v) is 3.41. The molecule has 7 nitrogen and oxygen atoms in total. The molecule has 0 radical (unpaired) electrons. The number of carbonyl (C=O) groups is 2. The number of esters is 1. The zero-order chi connectivity index (χ0) is 19.3. The lowest BCUT2D eigenvalue weighted by atomic mass is 9.82. The number of aliphatic hydroxyl groups is 1. The van der Waals surface area contributed by atoms with Crippen LogP contribution in [0.15, 0.2) is 12.1 Å². The zero-order valence-corrected chi connectivity index (χ0v) is 15.8. The molecule has 1 fully saturated rings. The van der Waals surface area contributed by atoms with E-state index in [1.54, 1.807) is 24.0 Å². The van der Waals surface area contributed by atoms with Gasteiger partial charge in [-0.05, 0) is 45.4 Å². The Hall–Kier alpha value is -2.28. The zero-order valence-electron chi connectivity index (χ0n) is 15.8. The van der Waals surface area contributed by atoms with Crippen molar-refractivity contribution >= 4 is 12.1 Å². The Kier molecular flexibility index (Phi) is 4.38. The summed E-state index contributed by atoms with van der Waals surface area (Å²) in [5, 5.41) is 10.6. The van der Waals surface area contributed by atoms with Gasteiger partial charge in [0.05, 0.1) is 31.9 Å². The molecule has 1 atom stereocenters. The van der Waals surface area contributed by atoms with Crippen molar-refractivity contribution in [3.63, 3.8) is 0 Å². The molecule has 0 saturated carbocycles. The van der Waals surface area contributed by atoms with Gasteiger partial charge in [-0.3, -0.25) is 0 Å². The Morgan fingerprint density at radius 3 is 2.54 bits per heavy atom. The van der Waals surface area contributed by atoms with Gasteiger partial charge in [0.25, 0.3) is 0 Å². The molecule has 0 aliphatic carbocycles. The van der Waals surface area contributed by atoms with Crippen molar-refractivity contribution in [1.82, 2.24) is 4.90 Å². The van der Waals surface area contributed by atoms with Crippen LogP contribution in [0.25, 0.3) is 0 Å². The van der Waals surface area contributed by atoms with Gasteiger partial charge in [0.15, 0.2) is 0 Å². The fourth-order valence-electron chi connectivity index (χ4n) is 3.41. The minimum Gasteiger partial charge on any atom is -0.483 e. The third-order valence-electron chi connectivity index (χ3n) is 4.62. The number of hydrogen-bond donors (Lipinski definition) is 1. The van der Waals surface area contributed by atoms with E-state index >= 15 is 0 Å². The normalized spacial score (nSPS) is 20.7. The van der Waals surface area contributed by atoms with Crippen LogP contribution in [0.3, 0.4) is 0 Å². The van der Waals surface area contributed by atoms with E-state index in [1.807, 2.05) is 20.8 Å². The molecule has 0 bridgehead atoms. The highest BCUT2D eigenvalue weighted by Crippen LogP contribution is 2.45. The molecule has 26 heavy (non-hydrogen) atoms. The first-order chi connectivity index (χ1) is 12.0. The first kappa shape index (κ1) is 18.5. The van der Waals surface area contributed by atoms with Crippen molar-refractivity contribution in [3.8, 4) is 5.75 Å². The molecule has 1 N–H and O–H groups in total. The van der Waals surface area contributed by atoms with E-state index in [-0.39, 0.29) is 6.09 Å². The van der Waals surface area contributed by atoms with Crippen molar-refractivity contribution in [1.29, 1.82) is 0 Å². The topological polar surface area (TPSA) is 85.3 Å². The standard InChI is InChI=1S/C19H25NO6/c1-11-6-15-13(7-12(11)16(22)24-5)14(21)8-19(25-15)9-20(10-19)17(23)26-18(2,3)4/h6-7,14,21H,8-10H2,1-5H3. The molecular formula is C19H25NO6. The molecule has 1 aromatic carbocycles. The van der Waals surface area contributed by atoms with E-state index in [0.29, 0.717) is 42.0 Å². The maximum absolute atomic E-state index is 12.1. The van der Waals surface area contributed by atoms with Gasteiger partial charge in [-0.25, -0.2) is 9.59 Å². The van der Waals surface area contributed by atoms with Crippen molar-refractivity contribution in [3.05, 3.63) is 28.8 Å². The number of hydrogen-bond acceptors (Lipinski definition) is 6. The minimum atomic E-state index is -0.774. The average molecular weight is 363 g/mol. The SMILES string of the molecule is COC(=O)c1cc2c(cc1C)OC1(CC2O)CN(C(=O)OC(C)(C)C)C1. The quantitative estimate of drug-likeness (QED) is 0.772. The Morgan fingerprint density at radius 2 is 1.96 bits per heavy atom. The summed E-state index contributed by atoms with van der Waals surface area (Å²) in [5.41, 5.74) is 0.512. The molecule has 1 amide bonds. The number of rotatable bonds is 1. The van der Waals surface area contributed by atoms with E-state index in [9.17, 15) is 14.7 Å². The maximum Gasteiger partial charge on any atom is 0.410 e. The van der Waals surface area contributed by atoms with Crippen molar-refractivity contribution in [2.24, 2.45) is 0 Å². The number of nitrogens with zero attached hydrogens (tertiary/aromatic N) is 1. The molecule has 3 rings (SSSR count). The number of carbonyl (C=O) groups excluding carboxylic acids is 2. The number of likely N-dealkylation sites (tertiary alicyclic amines) is 1. The van der Waals surface area contributed by atoms with Crippen molar-refractivity contribution in [2.75, 3.05) is 20.2 Å². The number of methoxy groups -OCH3 is 1. The summed E-state index contributed by atoms with van der Waals surface area (Å²) in [7, 11) is 1.32. The lowest BCUT2D eigenvalue weighted by Crippen LogP contribution is -2.68. The van der Waals surface area contributed by atoms with Crippen molar-refractivity contribution < 1.29 is 28.9 Å². The third-order valence-corrected chi connectivity index (χ3v) is 4.62. The van der Waals surface area contributed by atoms with E-state index in [0.717, 1.165) is 0 Å². The molecule has 0 aromatic heterocycles. The summed E-state index contributed by atoms with van der Waals surface area (Å²) >= 11 is 0. The first-order valence-corrected chi connectivity index (χ1v) is 8.61. The summed E-state index contributed by atoms with van der Waals surface area (Å²) in [5.74, 6) is 0.0928. The number of benzene rings is 1. The van der Waals surface area contributed by atoms with E-state index < -0.39 is 23.3 Å². The molecule has 142 valence electrons. The molecule has 2 aliphatic heterocycles. The van der Waals surface area contributed by atoms with Gasteiger partial charge in [0.1, 0.15) is 17.0 Å². The van der Waals surface area contributed by atoms with Crippen LogP contribution in [-0.4, -0.2) is 53.5 Å². The van der Waals surface area contributed by atoms with Crippen LogP contribution in [0, 0.1) is 6.92 Å². The molecule has 2 heterocycles. The van der Waals surface area contributed by atoms with Gasteiger partial charge in [-0.15, -0.1) is 0 Å². The number of aryl methyl sites for hydroxylation is 1. The summed E-state index contributed by atoms with van der Waals surface area (Å²) in [6.07, 6.45) is -0.809. The van der Waals surface area contributed by atoms with Gasteiger partial charge in [0, 0.05) is 12.0 Å². The average Bonchev–Trinajstić information content (AvgIpc) is 2.49. The molecular weight excluding hydrogens is 338 g/mol. The predicted octanol–water partition coefficient (Wildman–Crippen LogP) is 2.59. The summed E-state index contributed by atoms with van der Waals surface area (Å²) < 4.78 is 16.3. The second-order valence-electron chi connectivity index (χ2n) is 8.04. The van der Waals surface area contributed by atoms with Gasteiger partial charge in [-0.1, -0.05) is 0 Å². The first-order valence-electron chi connectivity index (χ1n) is 8.61. The highest BCUT2D eigenvalue weighted by molar-refractivity contribution is 5.91. The van der Waals surface area contributed by atoms with Gasteiger partial charge >= 0.3 is 12.1 Å². The van der Waals surface area contributed by atoms with E-state index in [2.05, 4.69) is 0 Å². The van der Waals surface area contributed by atoms with Crippen LogP contribution >= 0.6 is 0 Å². The summed E-state index contributed by atoms with van der Waals surface area (Å²) in [6.45, 7) is 7.96. The number of amides is 1. The maximum atomic E-state index is 12.1.